The van der Waals surface area contributed by atoms with Gasteiger partial charge in [-0.25, -0.2) is 9.78 Å². The van der Waals surface area contributed by atoms with E-state index in [0.717, 1.165) is 41.9 Å². The number of carbonyl (C=O) groups excluding carboxylic acids is 1. The summed E-state index contributed by atoms with van der Waals surface area (Å²) in [5.74, 6) is 1.67. The zero-order valence-corrected chi connectivity index (χ0v) is 14.0. The van der Waals surface area contributed by atoms with Crippen molar-refractivity contribution in [2.45, 2.75) is 18.4 Å². The van der Waals surface area contributed by atoms with Crippen molar-refractivity contribution in [3.05, 3.63) is 30.3 Å². The molecule has 6 heteroatoms. The summed E-state index contributed by atoms with van der Waals surface area (Å²) in [6, 6.07) is 10.0. The van der Waals surface area contributed by atoms with Crippen molar-refractivity contribution < 1.29 is 14.3 Å². The summed E-state index contributed by atoms with van der Waals surface area (Å²) >= 11 is 0. The van der Waals surface area contributed by atoms with E-state index in [1.165, 1.54) is 0 Å². The quantitative estimate of drug-likeness (QED) is 0.849. The highest BCUT2D eigenvalue weighted by Gasteiger charge is 2.46. The monoisotopic (exact) mass is 327 g/mol. The SMILES string of the molecule is COc1cccc2ccc(N3CCCC4(CN(C)C(=O)O4)C3)nc12. The van der Waals surface area contributed by atoms with Crippen LogP contribution in [0.3, 0.4) is 0 Å². The minimum Gasteiger partial charge on any atom is -0.494 e. The van der Waals surface area contributed by atoms with Crippen molar-refractivity contribution in [2.24, 2.45) is 0 Å². The normalized spacial score (nSPS) is 23.8. The van der Waals surface area contributed by atoms with E-state index in [1.807, 2.05) is 24.3 Å². The molecule has 2 aliphatic heterocycles. The fraction of sp³-hybridized carbons (Fsp3) is 0.444. The van der Waals surface area contributed by atoms with E-state index in [2.05, 4.69) is 11.0 Å². The first-order chi connectivity index (χ1) is 11.6. The Hall–Kier alpha value is -2.50. The summed E-state index contributed by atoms with van der Waals surface area (Å²) in [6.07, 6.45) is 1.65. The van der Waals surface area contributed by atoms with Crippen LogP contribution >= 0.6 is 0 Å². The predicted octanol–water partition coefficient (Wildman–Crippen LogP) is 2.66. The van der Waals surface area contributed by atoms with Gasteiger partial charge in [-0.15, -0.1) is 0 Å². The van der Waals surface area contributed by atoms with Gasteiger partial charge in [0, 0.05) is 19.0 Å². The second kappa shape index (κ2) is 5.54. The Bertz CT molecular complexity index is 794. The fourth-order valence-corrected chi connectivity index (χ4v) is 3.75. The molecule has 1 unspecified atom stereocenters. The Morgan fingerprint density at radius 1 is 1.25 bits per heavy atom. The van der Waals surface area contributed by atoms with E-state index in [9.17, 15) is 4.79 Å². The van der Waals surface area contributed by atoms with Crippen LogP contribution < -0.4 is 9.64 Å². The number of methoxy groups -OCH3 is 1. The third-order valence-electron chi connectivity index (χ3n) is 4.89. The Morgan fingerprint density at radius 2 is 2.12 bits per heavy atom. The number of carbonyl (C=O) groups is 1. The molecule has 3 heterocycles. The molecule has 1 atom stereocenters. The molecule has 0 saturated carbocycles. The minimum absolute atomic E-state index is 0.231. The van der Waals surface area contributed by atoms with Gasteiger partial charge in [0.25, 0.3) is 0 Å². The molecule has 126 valence electrons. The highest BCUT2D eigenvalue weighted by atomic mass is 16.6. The maximum absolute atomic E-state index is 11.8. The van der Waals surface area contributed by atoms with Crippen LogP contribution in [0.5, 0.6) is 5.75 Å². The molecule has 24 heavy (non-hydrogen) atoms. The maximum atomic E-state index is 11.8. The number of hydrogen-bond donors (Lipinski definition) is 0. The van der Waals surface area contributed by atoms with Gasteiger partial charge in [0.05, 0.1) is 20.2 Å². The minimum atomic E-state index is -0.415. The number of nitrogens with zero attached hydrogens (tertiary/aromatic N) is 3. The smallest absolute Gasteiger partial charge is 0.410 e. The van der Waals surface area contributed by atoms with Crippen LogP contribution in [0.1, 0.15) is 12.8 Å². The molecule has 2 saturated heterocycles. The molecule has 2 aliphatic rings. The topological polar surface area (TPSA) is 54.9 Å². The first-order valence-electron chi connectivity index (χ1n) is 8.23. The molecule has 6 nitrogen and oxygen atoms in total. The van der Waals surface area contributed by atoms with E-state index < -0.39 is 5.60 Å². The van der Waals surface area contributed by atoms with Crippen molar-refractivity contribution >= 4 is 22.8 Å². The maximum Gasteiger partial charge on any atom is 0.410 e. The molecule has 2 fully saturated rings. The second-order valence-electron chi connectivity index (χ2n) is 6.63. The summed E-state index contributed by atoms with van der Waals surface area (Å²) in [5, 5.41) is 1.05. The number of hydrogen-bond acceptors (Lipinski definition) is 5. The Balaban J connectivity index is 1.66. The molecule has 0 aliphatic carbocycles. The third-order valence-corrected chi connectivity index (χ3v) is 4.89. The number of para-hydroxylation sites is 1. The fourth-order valence-electron chi connectivity index (χ4n) is 3.75. The summed E-state index contributed by atoms with van der Waals surface area (Å²) in [5.41, 5.74) is 0.444. The van der Waals surface area contributed by atoms with Crippen LogP contribution in [-0.2, 0) is 4.74 Å². The average Bonchev–Trinajstić information content (AvgIpc) is 2.87. The van der Waals surface area contributed by atoms with Crippen LogP contribution in [-0.4, -0.2) is 55.4 Å². The van der Waals surface area contributed by atoms with E-state index in [1.54, 1.807) is 19.1 Å². The summed E-state index contributed by atoms with van der Waals surface area (Å²) in [6.45, 7) is 2.23. The number of amides is 1. The van der Waals surface area contributed by atoms with Gasteiger partial charge in [-0.3, -0.25) is 0 Å². The lowest BCUT2D eigenvalue weighted by Gasteiger charge is -2.39. The van der Waals surface area contributed by atoms with Gasteiger partial charge in [-0.05, 0) is 31.0 Å². The van der Waals surface area contributed by atoms with Crippen LogP contribution in [0.4, 0.5) is 10.6 Å². The van der Waals surface area contributed by atoms with Crippen LogP contribution in [0.25, 0.3) is 10.9 Å². The van der Waals surface area contributed by atoms with Crippen molar-refractivity contribution in [3.63, 3.8) is 0 Å². The number of anilines is 1. The van der Waals surface area contributed by atoms with Crippen LogP contribution in [0.15, 0.2) is 30.3 Å². The average molecular weight is 327 g/mol. The first-order valence-corrected chi connectivity index (χ1v) is 8.23. The number of aromatic nitrogens is 1. The number of ether oxygens (including phenoxy) is 2. The Morgan fingerprint density at radius 3 is 2.88 bits per heavy atom. The lowest BCUT2D eigenvalue weighted by molar-refractivity contribution is 0.0445. The molecular weight excluding hydrogens is 306 g/mol. The molecule has 2 aromatic rings. The molecule has 1 aromatic carbocycles. The van der Waals surface area contributed by atoms with Crippen molar-refractivity contribution in [2.75, 3.05) is 38.7 Å². The Kier molecular flexibility index (Phi) is 3.48. The lowest BCUT2D eigenvalue weighted by Crippen LogP contribution is -2.50. The zero-order chi connectivity index (χ0) is 16.7. The standard InChI is InChI=1S/C18H21N3O3/c1-20-11-18(24-17(20)22)9-4-10-21(12-18)15-8-7-13-5-3-6-14(23-2)16(13)19-15/h3,5-8H,4,9-12H2,1-2H3. The third kappa shape index (κ3) is 2.42. The van der Waals surface area contributed by atoms with Crippen LogP contribution in [0.2, 0.25) is 0 Å². The summed E-state index contributed by atoms with van der Waals surface area (Å²) in [4.78, 5) is 20.5. The number of pyridine rings is 1. The first kappa shape index (κ1) is 15.1. The number of rotatable bonds is 2. The van der Waals surface area contributed by atoms with Gasteiger partial charge in [0.2, 0.25) is 0 Å². The largest absolute Gasteiger partial charge is 0.494 e. The van der Waals surface area contributed by atoms with Gasteiger partial charge in [0.1, 0.15) is 22.7 Å². The van der Waals surface area contributed by atoms with Gasteiger partial charge in [-0.2, -0.15) is 0 Å². The number of benzene rings is 1. The lowest BCUT2D eigenvalue weighted by atomic mass is 9.93. The van der Waals surface area contributed by atoms with E-state index >= 15 is 0 Å². The van der Waals surface area contributed by atoms with Gasteiger partial charge in [0.15, 0.2) is 0 Å². The van der Waals surface area contributed by atoms with Gasteiger partial charge in [-0.1, -0.05) is 12.1 Å². The summed E-state index contributed by atoms with van der Waals surface area (Å²) in [7, 11) is 3.45. The van der Waals surface area contributed by atoms with Gasteiger partial charge < -0.3 is 19.3 Å². The van der Waals surface area contributed by atoms with Crippen molar-refractivity contribution in [1.82, 2.24) is 9.88 Å². The molecular formula is C18H21N3O3. The summed E-state index contributed by atoms with van der Waals surface area (Å²) < 4.78 is 11.1. The van der Waals surface area contributed by atoms with Crippen molar-refractivity contribution in [1.29, 1.82) is 0 Å². The van der Waals surface area contributed by atoms with Crippen LogP contribution in [0, 0.1) is 0 Å². The predicted molar refractivity (Wildman–Crippen MR) is 91.6 cm³/mol. The highest BCUT2D eigenvalue weighted by Crippen LogP contribution is 2.34. The molecule has 0 radical (unpaired) electrons. The number of fused-ring (bicyclic) bond motifs is 1. The van der Waals surface area contributed by atoms with E-state index in [0.29, 0.717) is 13.1 Å². The molecule has 1 spiro atoms. The molecule has 0 N–H and O–H groups in total. The van der Waals surface area contributed by atoms with E-state index in [4.69, 9.17) is 14.5 Å². The van der Waals surface area contributed by atoms with Crippen molar-refractivity contribution in [3.8, 4) is 5.75 Å². The van der Waals surface area contributed by atoms with E-state index in [-0.39, 0.29) is 6.09 Å². The molecule has 4 rings (SSSR count). The molecule has 1 amide bonds. The second-order valence-corrected chi connectivity index (χ2v) is 6.63. The highest BCUT2D eigenvalue weighted by molar-refractivity contribution is 5.86. The molecule has 1 aromatic heterocycles. The number of piperidine rings is 1. The Labute approximate surface area is 141 Å². The van der Waals surface area contributed by atoms with Gasteiger partial charge >= 0.3 is 6.09 Å². The zero-order valence-electron chi connectivity index (χ0n) is 14.0. The molecule has 0 bridgehead atoms. The number of likely N-dealkylation sites (N-methyl/N-ethyl adjacent to an activating group) is 1.